The zero-order valence-corrected chi connectivity index (χ0v) is 19.6. The fourth-order valence-electron chi connectivity index (χ4n) is 3.88. The molecule has 178 valence electrons. The number of esters is 1. The van der Waals surface area contributed by atoms with Crippen LogP contribution in [0.2, 0.25) is 0 Å². The van der Waals surface area contributed by atoms with Crippen LogP contribution < -0.4 is 5.32 Å². The Hall–Kier alpha value is -2.70. The van der Waals surface area contributed by atoms with E-state index >= 15 is 0 Å². The highest BCUT2D eigenvalue weighted by Crippen LogP contribution is 2.31. The third-order valence-corrected chi connectivity index (χ3v) is 6.14. The summed E-state index contributed by atoms with van der Waals surface area (Å²) in [5.41, 5.74) is 2.25. The molecule has 33 heavy (non-hydrogen) atoms. The Morgan fingerprint density at radius 1 is 0.970 bits per heavy atom. The number of benzene rings is 2. The molecule has 1 amide bonds. The predicted octanol–water partition coefficient (Wildman–Crippen LogP) is 4.13. The van der Waals surface area contributed by atoms with Crippen LogP contribution in [-0.4, -0.2) is 37.7 Å². The van der Waals surface area contributed by atoms with Gasteiger partial charge in [0.1, 0.15) is 5.92 Å². The molecule has 0 aromatic heterocycles. The van der Waals surface area contributed by atoms with E-state index in [1.54, 1.807) is 0 Å². The van der Waals surface area contributed by atoms with E-state index < -0.39 is 6.10 Å². The zero-order chi connectivity index (χ0) is 23.5. The molecule has 1 heterocycles. The van der Waals surface area contributed by atoms with E-state index in [0.717, 1.165) is 17.5 Å². The maximum absolute atomic E-state index is 12.5. The molecule has 3 rings (SSSR count). The summed E-state index contributed by atoms with van der Waals surface area (Å²) in [7, 11) is 0. The van der Waals surface area contributed by atoms with Gasteiger partial charge < -0.3 is 19.5 Å². The molecule has 1 saturated heterocycles. The monoisotopic (exact) mass is 453 g/mol. The molecule has 2 aromatic rings. The fraction of sp³-hybridized carbons (Fsp3) is 0.481. The number of ether oxygens (including phenoxy) is 3. The highest BCUT2D eigenvalue weighted by Gasteiger charge is 2.49. The molecule has 1 aliphatic heterocycles. The molecule has 0 aliphatic carbocycles. The van der Waals surface area contributed by atoms with Gasteiger partial charge in [-0.05, 0) is 23.5 Å². The maximum Gasteiger partial charge on any atom is 0.314 e. The van der Waals surface area contributed by atoms with Crippen LogP contribution in [0.25, 0.3) is 0 Å². The number of amides is 1. The van der Waals surface area contributed by atoms with Crippen molar-refractivity contribution in [3.8, 4) is 0 Å². The molecule has 1 N–H and O–H groups in total. The minimum atomic E-state index is -0.672. The smallest absolute Gasteiger partial charge is 0.314 e. The van der Waals surface area contributed by atoms with Crippen molar-refractivity contribution in [1.29, 1.82) is 0 Å². The van der Waals surface area contributed by atoms with Crippen LogP contribution in [-0.2, 0) is 37.0 Å². The molecule has 1 fully saturated rings. The van der Waals surface area contributed by atoms with Crippen molar-refractivity contribution in [2.24, 2.45) is 17.8 Å². The number of cyclic esters (lactones) is 1. The summed E-state index contributed by atoms with van der Waals surface area (Å²) < 4.78 is 17.0. The van der Waals surface area contributed by atoms with Crippen molar-refractivity contribution in [2.45, 2.75) is 46.0 Å². The van der Waals surface area contributed by atoms with Gasteiger partial charge in [-0.2, -0.15) is 0 Å². The second-order valence-electron chi connectivity index (χ2n) is 8.72. The van der Waals surface area contributed by atoms with Crippen LogP contribution >= 0.6 is 0 Å². The van der Waals surface area contributed by atoms with Gasteiger partial charge in [0.2, 0.25) is 0 Å². The van der Waals surface area contributed by atoms with Crippen molar-refractivity contribution in [1.82, 2.24) is 5.32 Å². The van der Waals surface area contributed by atoms with E-state index in [1.807, 2.05) is 74.5 Å². The largest absolute Gasteiger partial charge is 0.451 e. The highest BCUT2D eigenvalue weighted by molar-refractivity contribution is 5.94. The van der Waals surface area contributed by atoms with Gasteiger partial charge in [0.05, 0.1) is 26.4 Å². The number of hydrogen-bond donors (Lipinski definition) is 1. The Balaban J connectivity index is 1.45. The van der Waals surface area contributed by atoms with E-state index in [1.165, 1.54) is 0 Å². The number of nitrogens with one attached hydrogen (secondary N) is 1. The zero-order valence-electron chi connectivity index (χ0n) is 19.6. The SMILES string of the molecule is CC[C@H](C)[C@@H]1C(=O)O[C@H]1C(=O)NCCC(COCc1ccccc1)COCc1ccccc1. The summed E-state index contributed by atoms with van der Waals surface area (Å²) in [5.74, 6) is -0.561. The molecule has 6 nitrogen and oxygen atoms in total. The standard InChI is InChI=1S/C27H35NO5/c1-3-20(2)24-25(33-27(24)30)26(29)28-15-14-23(18-31-16-21-10-6-4-7-11-21)19-32-17-22-12-8-5-9-13-22/h4-13,20,23-25H,3,14-19H2,1-2H3,(H,28,29)/t20-,24-,25+/m0/s1. The van der Waals surface area contributed by atoms with Crippen molar-refractivity contribution in [2.75, 3.05) is 19.8 Å². The van der Waals surface area contributed by atoms with Gasteiger partial charge in [0, 0.05) is 12.5 Å². The molecule has 1 aliphatic rings. The lowest BCUT2D eigenvalue weighted by Gasteiger charge is -2.37. The molecule has 0 saturated carbocycles. The summed E-state index contributed by atoms with van der Waals surface area (Å²) >= 11 is 0. The second kappa shape index (κ2) is 13.1. The summed E-state index contributed by atoms with van der Waals surface area (Å²) in [4.78, 5) is 24.3. The topological polar surface area (TPSA) is 73.9 Å². The van der Waals surface area contributed by atoms with Crippen LogP contribution in [0, 0.1) is 17.8 Å². The first kappa shape index (κ1) is 24.9. The first-order valence-electron chi connectivity index (χ1n) is 11.8. The summed E-state index contributed by atoms with van der Waals surface area (Å²) in [6.07, 6.45) is 0.877. The van der Waals surface area contributed by atoms with Crippen LogP contribution in [0.1, 0.15) is 37.8 Å². The van der Waals surface area contributed by atoms with Gasteiger partial charge in [0.15, 0.2) is 6.10 Å². The van der Waals surface area contributed by atoms with E-state index in [4.69, 9.17) is 14.2 Å². The molecular weight excluding hydrogens is 418 g/mol. The molecule has 0 bridgehead atoms. The van der Waals surface area contributed by atoms with Crippen molar-refractivity contribution >= 4 is 11.9 Å². The van der Waals surface area contributed by atoms with Crippen molar-refractivity contribution < 1.29 is 23.8 Å². The van der Waals surface area contributed by atoms with Crippen molar-refractivity contribution in [3.05, 3.63) is 71.8 Å². The Morgan fingerprint density at radius 3 is 2.00 bits per heavy atom. The molecule has 2 aromatic carbocycles. The minimum absolute atomic E-state index is 0.132. The van der Waals surface area contributed by atoms with E-state index in [-0.39, 0.29) is 29.6 Å². The molecule has 0 spiro atoms. The Labute approximate surface area is 196 Å². The number of hydrogen-bond acceptors (Lipinski definition) is 5. The summed E-state index contributed by atoms with van der Waals surface area (Å²) in [5, 5.41) is 2.93. The van der Waals surface area contributed by atoms with Crippen molar-refractivity contribution in [3.63, 3.8) is 0 Å². The quantitative estimate of drug-likeness (QED) is 0.436. The second-order valence-corrected chi connectivity index (χ2v) is 8.72. The van der Waals surface area contributed by atoms with Crippen LogP contribution in [0.5, 0.6) is 0 Å². The third kappa shape index (κ3) is 7.69. The molecule has 6 heteroatoms. The third-order valence-electron chi connectivity index (χ3n) is 6.14. The van der Waals surface area contributed by atoms with Gasteiger partial charge in [-0.1, -0.05) is 80.9 Å². The van der Waals surface area contributed by atoms with E-state index in [2.05, 4.69) is 5.32 Å². The molecule has 3 atom stereocenters. The number of rotatable bonds is 14. The minimum Gasteiger partial charge on any atom is -0.451 e. The molecule has 0 unspecified atom stereocenters. The van der Waals surface area contributed by atoms with E-state index in [0.29, 0.717) is 39.4 Å². The first-order valence-corrected chi connectivity index (χ1v) is 11.8. The normalized spacial score (nSPS) is 18.5. The molecular formula is C27H35NO5. The van der Waals surface area contributed by atoms with Gasteiger partial charge in [-0.25, -0.2) is 0 Å². The van der Waals surface area contributed by atoms with Gasteiger partial charge in [-0.3, -0.25) is 9.59 Å². The Morgan fingerprint density at radius 2 is 1.52 bits per heavy atom. The summed E-state index contributed by atoms with van der Waals surface area (Å²) in [6, 6.07) is 20.1. The Bertz CT molecular complexity index is 812. The summed E-state index contributed by atoms with van der Waals surface area (Å²) in [6.45, 7) is 6.62. The fourth-order valence-corrected chi connectivity index (χ4v) is 3.88. The Kier molecular flexibility index (Phi) is 9.91. The highest BCUT2D eigenvalue weighted by atomic mass is 16.6. The number of carbonyl (C=O) groups is 2. The van der Waals surface area contributed by atoms with Crippen LogP contribution in [0.4, 0.5) is 0 Å². The lowest BCUT2D eigenvalue weighted by molar-refractivity contribution is -0.193. The molecule has 0 radical (unpaired) electrons. The first-order chi connectivity index (χ1) is 16.1. The lowest BCUT2D eigenvalue weighted by Crippen LogP contribution is -2.56. The van der Waals surface area contributed by atoms with E-state index in [9.17, 15) is 9.59 Å². The average molecular weight is 454 g/mol. The maximum atomic E-state index is 12.5. The van der Waals surface area contributed by atoms with Gasteiger partial charge in [0.25, 0.3) is 5.91 Å². The predicted molar refractivity (Wildman–Crippen MR) is 126 cm³/mol. The van der Waals surface area contributed by atoms with Crippen LogP contribution in [0.3, 0.4) is 0 Å². The number of carbonyl (C=O) groups excluding carboxylic acids is 2. The average Bonchev–Trinajstić information content (AvgIpc) is 2.83. The van der Waals surface area contributed by atoms with Crippen LogP contribution in [0.15, 0.2) is 60.7 Å². The van der Waals surface area contributed by atoms with Gasteiger partial charge >= 0.3 is 5.97 Å². The lowest BCUT2D eigenvalue weighted by atomic mass is 9.83. The van der Waals surface area contributed by atoms with Gasteiger partial charge in [-0.15, -0.1) is 0 Å².